The molecule has 0 aromatic heterocycles. The van der Waals surface area contributed by atoms with E-state index in [2.05, 4.69) is 12.2 Å². The zero-order valence-electron chi connectivity index (χ0n) is 7.57. The van der Waals surface area contributed by atoms with Gasteiger partial charge in [-0.1, -0.05) is 6.92 Å². The van der Waals surface area contributed by atoms with E-state index in [0.29, 0.717) is 5.69 Å². The minimum atomic E-state index is 0.101. The van der Waals surface area contributed by atoms with Gasteiger partial charge in [0.05, 0.1) is 5.69 Å². The van der Waals surface area contributed by atoms with Crippen LogP contribution in [-0.4, -0.2) is 17.0 Å². The normalized spacial score (nSPS) is 9.77. The second-order valence-electron chi connectivity index (χ2n) is 2.76. The molecule has 0 heterocycles. The summed E-state index contributed by atoms with van der Waals surface area (Å²) in [4.78, 5) is 0. The first-order valence-corrected chi connectivity index (χ1v) is 4.26. The molecule has 13 heavy (non-hydrogen) atoms. The van der Waals surface area contributed by atoms with Gasteiger partial charge in [0.1, 0.15) is 0 Å². The Morgan fingerprint density at radius 2 is 1.85 bits per heavy atom. The third kappa shape index (κ3) is 2.93. The van der Waals surface area contributed by atoms with E-state index < -0.39 is 0 Å². The lowest BCUT2D eigenvalue weighted by Crippen LogP contribution is -2.10. The number of anilines is 2. The monoisotopic (exact) mass is 182 g/mol. The summed E-state index contributed by atoms with van der Waals surface area (Å²) in [5, 5.41) is 20.6. The third-order valence-electron chi connectivity index (χ3n) is 1.68. The topological polar surface area (TPSA) is 55.7 Å². The molecule has 0 aliphatic carbocycles. The average molecular weight is 182 g/mol. The Balaban J connectivity index is 2.59. The lowest BCUT2D eigenvalue weighted by Gasteiger charge is -2.09. The number of rotatable bonds is 4. The standard InChI is InChI=1S/C9H14N2O2/c1-2-7-10-8-3-5-9(6-4-8)11(12)13/h3-6,10,12-13H,2,7H2,1H3. The fraction of sp³-hybridized carbons (Fsp3) is 0.333. The molecule has 1 aromatic carbocycles. The van der Waals surface area contributed by atoms with Gasteiger partial charge >= 0.3 is 0 Å². The van der Waals surface area contributed by atoms with Crippen LogP contribution in [0.5, 0.6) is 0 Å². The lowest BCUT2D eigenvalue weighted by atomic mass is 10.3. The summed E-state index contributed by atoms with van der Waals surface area (Å²) < 4.78 is 0. The van der Waals surface area contributed by atoms with Gasteiger partial charge in [0.2, 0.25) is 0 Å². The summed E-state index contributed by atoms with van der Waals surface area (Å²) in [6.45, 7) is 3.01. The summed E-state index contributed by atoms with van der Waals surface area (Å²) in [6.07, 6.45) is 1.06. The number of nitrogens with zero attached hydrogens (tertiary/aromatic N) is 1. The van der Waals surface area contributed by atoms with E-state index in [-0.39, 0.29) is 5.23 Å². The molecule has 72 valence electrons. The first kappa shape index (κ1) is 9.83. The molecule has 0 atom stereocenters. The lowest BCUT2D eigenvalue weighted by molar-refractivity contribution is 0.0292. The zero-order valence-corrected chi connectivity index (χ0v) is 7.57. The maximum atomic E-state index is 8.66. The molecule has 0 saturated heterocycles. The molecule has 4 heteroatoms. The van der Waals surface area contributed by atoms with Crippen molar-refractivity contribution in [3.63, 3.8) is 0 Å². The fourth-order valence-electron chi connectivity index (χ4n) is 0.982. The maximum Gasteiger partial charge on any atom is 0.0944 e. The number of hydrogen-bond donors (Lipinski definition) is 3. The number of benzene rings is 1. The van der Waals surface area contributed by atoms with Crippen LogP contribution in [0.4, 0.5) is 11.4 Å². The second kappa shape index (κ2) is 4.69. The van der Waals surface area contributed by atoms with Crippen molar-refractivity contribution < 1.29 is 10.4 Å². The highest BCUT2D eigenvalue weighted by molar-refractivity contribution is 5.52. The van der Waals surface area contributed by atoms with Crippen molar-refractivity contribution in [1.82, 2.24) is 0 Å². The summed E-state index contributed by atoms with van der Waals surface area (Å²) in [7, 11) is 0. The molecule has 3 N–H and O–H groups in total. The van der Waals surface area contributed by atoms with Crippen LogP contribution in [0.3, 0.4) is 0 Å². The number of hydrogen-bond acceptors (Lipinski definition) is 4. The van der Waals surface area contributed by atoms with Crippen LogP contribution in [-0.2, 0) is 0 Å². The molecule has 0 saturated carbocycles. The Bertz CT molecular complexity index is 246. The molecule has 0 fully saturated rings. The summed E-state index contributed by atoms with van der Waals surface area (Å²) in [5.41, 5.74) is 1.33. The fourth-order valence-corrected chi connectivity index (χ4v) is 0.982. The van der Waals surface area contributed by atoms with Crippen LogP contribution >= 0.6 is 0 Å². The van der Waals surface area contributed by atoms with Crippen LogP contribution in [0.2, 0.25) is 0 Å². The van der Waals surface area contributed by atoms with Gasteiger partial charge in [-0.15, -0.1) is 5.23 Å². The van der Waals surface area contributed by atoms with E-state index in [4.69, 9.17) is 10.4 Å². The zero-order chi connectivity index (χ0) is 9.68. The predicted molar refractivity (Wildman–Crippen MR) is 51.3 cm³/mol. The molecule has 0 radical (unpaired) electrons. The van der Waals surface area contributed by atoms with Crippen LogP contribution in [0.15, 0.2) is 24.3 Å². The first-order valence-electron chi connectivity index (χ1n) is 4.26. The van der Waals surface area contributed by atoms with Crippen LogP contribution < -0.4 is 10.5 Å². The summed E-state index contributed by atoms with van der Waals surface area (Å²) >= 11 is 0. The van der Waals surface area contributed by atoms with Crippen molar-refractivity contribution >= 4 is 11.4 Å². The molecule has 4 nitrogen and oxygen atoms in total. The molecule has 0 amide bonds. The minimum Gasteiger partial charge on any atom is -0.385 e. The minimum absolute atomic E-state index is 0.101. The SMILES string of the molecule is CCCNc1ccc(N(O)O)cc1. The second-order valence-corrected chi connectivity index (χ2v) is 2.76. The van der Waals surface area contributed by atoms with E-state index in [9.17, 15) is 0 Å². The Morgan fingerprint density at radius 3 is 2.31 bits per heavy atom. The van der Waals surface area contributed by atoms with Crippen molar-refractivity contribution in [3.8, 4) is 0 Å². The van der Waals surface area contributed by atoms with Gasteiger partial charge < -0.3 is 5.32 Å². The van der Waals surface area contributed by atoms with Gasteiger partial charge in [0.25, 0.3) is 0 Å². The highest BCUT2D eigenvalue weighted by Gasteiger charge is 1.97. The van der Waals surface area contributed by atoms with Crippen molar-refractivity contribution in [1.29, 1.82) is 0 Å². The largest absolute Gasteiger partial charge is 0.385 e. The van der Waals surface area contributed by atoms with E-state index >= 15 is 0 Å². The molecule has 1 rings (SSSR count). The Morgan fingerprint density at radius 1 is 1.23 bits per heavy atom. The van der Waals surface area contributed by atoms with Crippen molar-refractivity contribution in [3.05, 3.63) is 24.3 Å². The van der Waals surface area contributed by atoms with E-state index in [0.717, 1.165) is 18.7 Å². The smallest absolute Gasteiger partial charge is 0.0944 e. The van der Waals surface area contributed by atoms with Gasteiger partial charge in [-0.3, -0.25) is 10.4 Å². The predicted octanol–water partition coefficient (Wildman–Crippen LogP) is 2.09. The van der Waals surface area contributed by atoms with Gasteiger partial charge in [-0.2, -0.15) is 0 Å². The Kier molecular flexibility index (Phi) is 3.54. The van der Waals surface area contributed by atoms with Crippen LogP contribution in [0.25, 0.3) is 0 Å². The molecule has 0 spiro atoms. The molecule has 0 aliphatic rings. The van der Waals surface area contributed by atoms with Gasteiger partial charge in [-0.05, 0) is 30.7 Å². The molecule has 1 aromatic rings. The van der Waals surface area contributed by atoms with Gasteiger partial charge in [0.15, 0.2) is 0 Å². The van der Waals surface area contributed by atoms with Crippen molar-refractivity contribution in [2.75, 3.05) is 17.1 Å². The van der Waals surface area contributed by atoms with Gasteiger partial charge in [0, 0.05) is 12.2 Å². The molecular weight excluding hydrogens is 168 g/mol. The van der Waals surface area contributed by atoms with Crippen LogP contribution in [0, 0.1) is 0 Å². The summed E-state index contributed by atoms with van der Waals surface area (Å²) in [6, 6.07) is 6.84. The van der Waals surface area contributed by atoms with Crippen molar-refractivity contribution in [2.45, 2.75) is 13.3 Å². The highest BCUT2D eigenvalue weighted by Crippen LogP contribution is 2.14. The quantitative estimate of drug-likeness (QED) is 0.624. The van der Waals surface area contributed by atoms with Crippen LogP contribution in [0.1, 0.15) is 13.3 Å². The Hall–Kier alpha value is -1.26. The van der Waals surface area contributed by atoms with E-state index in [1.54, 1.807) is 24.3 Å². The van der Waals surface area contributed by atoms with Gasteiger partial charge in [-0.25, -0.2) is 0 Å². The number of nitrogens with one attached hydrogen (secondary N) is 1. The Labute approximate surface area is 77.3 Å². The van der Waals surface area contributed by atoms with Crippen molar-refractivity contribution in [2.24, 2.45) is 0 Å². The first-order chi connectivity index (χ1) is 6.24. The molecule has 0 bridgehead atoms. The molecule has 0 unspecified atom stereocenters. The maximum absolute atomic E-state index is 8.66. The average Bonchev–Trinajstić information content (AvgIpc) is 2.15. The third-order valence-corrected chi connectivity index (χ3v) is 1.68. The van der Waals surface area contributed by atoms with E-state index in [1.165, 1.54) is 0 Å². The summed E-state index contributed by atoms with van der Waals surface area (Å²) in [5.74, 6) is 0. The molecular formula is C9H14N2O2. The molecule has 0 aliphatic heterocycles. The van der Waals surface area contributed by atoms with E-state index in [1.807, 2.05) is 0 Å². The highest BCUT2D eigenvalue weighted by atomic mass is 16.8.